The van der Waals surface area contributed by atoms with Crippen molar-refractivity contribution in [1.82, 2.24) is 9.88 Å². The number of carboxylic acid groups (broad SMARTS) is 1. The molecule has 2 N–H and O–H groups in total. The van der Waals surface area contributed by atoms with E-state index in [-0.39, 0.29) is 12.6 Å². The molecule has 1 aliphatic carbocycles. The van der Waals surface area contributed by atoms with Gasteiger partial charge in [0.05, 0.1) is 5.89 Å². The number of H-pyrrole nitrogens is 1. The van der Waals surface area contributed by atoms with Crippen LogP contribution in [-0.4, -0.2) is 40.6 Å². The van der Waals surface area contributed by atoms with Crippen LogP contribution in [0.1, 0.15) is 12.5 Å². The number of benzene rings is 1. The number of aromatic amines is 1. The number of fused-ring (bicyclic) bond motifs is 2. The largest absolute Gasteiger partial charge is 0.481 e. The van der Waals surface area contributed by atoms with Gasteiger partial charge in [-0.05, 0) is 36.2 Å². The lowest BCUT2D eigenvalue weighted by Gasteiger charge is -2.38. The zero-order valence-corrected chi connectivity index (χ0v) is 11.2. The number of nitrogens with one attached hydrogen (secondary N) is 1. The van der Waals surface area contributed by atoms with Crippen LogP contribution in [0.5, 0.6) is 0 Å². The number of carbonyl (C=O) groups is 1. The Morgan fingerprint density at radius 3 is 3.20 bits per heavy atom. The van der Waals surface area contributed by atoms with Crippen molar-refractivity contribution in [1.29, 1.82) is 0 Å². The molecule has 0 bridgehead atoms. The minimum atomic E-state index is -1.57. The lowest BCUT2D eigenvalue weighted by Crippen LogP contribution is -2.44. The molecule has 4 nitrogen and oxygen atoms in total. The molecule has 0 saturated carbocycles. The summed E-state index contributed by atoms with van der Waals surface area (Å²) in [5.74, 6) is -2.66. The highest BCUT2D eigenvalue weighted by Gasteiger charge is 2.35. The lowest BCUT2D eigenvalue weighted by atomic mass is 9.80. The van der Waals surface area contributed by atoms with E-state index in [1.807, 2.05) is 36.3 Å². The standard InChI is InChI=1S/C16H16N2O2/c1-18-8-10(16(19)20)5-12-11-3-2-4-13-15(11)9(7-17-13)6-14(12)18/h2-5,7,10,14,17H,6,8H2,1H3,(H,19,20)/t10-,14+/m1/s1/i10D. The van der Waals surface area contributed by atoms with Crippen LogP contribution >= 0.6 is 0 Å². The van der Waals surface area contributed by atoms with Crippen LogP contribution in [-0.2, 0) is 11.2 Å². The predicted molar refractivity (Wildman–Crippen MR) is 77.5 cm³/mol. The SMILES string of the molecule is [2H][C@@]1(C(=O)O)C=C2c3cccc4[nH]cc(c34)C[C@@H]2N(C)C1. The van der Waals surface area contributed by atoms with E-state index in [0.29, 0.717) is 0 Å². The number of nitrogens with zero attached hydrogens (tertiary/aromatic N) is 1. The average Bonchev–Trinajstić information content (AvgIpc) is 2.85. The summed E-state index contributed by atoms with van der Waals surface area (Å²) in [5.41, 5.74) is 4.37. The highest BCUT2D eigenvalue weighted by atomic mass is 16.4. The number of carboxylic acids is 1. The fourth-order valence-electron chi connectivity index (χ4n) is 3.46. The third kappa shape index (κ3) is 1.48. The lowest BCUT2D eigenvalue weighted by molar-refractivity contribution is -0.140. The summed E-state index contributed by atoms with van der Waals surface area (Å²) < 4.78 is 8.24. The predicted octanol–water partition coefficient (Wildman–Crippen LogP) is 2.12. The zero-order valence-electron chi connectivity index (χ0n) is 12.2. The Kier molecular flexibility index (Phi) is 2.12. The fraction of sp³-hybridized carbons (Fsp3) is 0.312. The van der Waals surface area contributed by atoms with Crippen molar-refractivity contribution < 1.29 is 11.3 Å². The molecule has 1 aliphatic heterocycles. The number of likely N-dealkylation sites (N-methyl/N-ethyl adjacent to an activating group) is 1. The summed E-state index contributed by atoms with van der Waals surface area (Å²) in [6, 6.07) is 6.18. The summed E-state index contributed by atoms with van der Waals surface area (Å²) >= 11 is 0. The summed E-state index contributed by atoms with van der Waals surface area (Å²) in [7, 11) is 1.90. The van der Waals surface area contributed by atoms with Crippen LogP contribution in [0.4, 0.5) is 0 Å². The Balaban J connectivity index is 2.00. The highest BCUT2D eigenvalue weighted by molar-refractivity contribution is 5.99. The number of rotatable bonds is 1. The first-order valence-corrected chi connectivity index (χ1v) is 6.75. The van der Waals surface area contributed by atoms with Crippen molar-refractivity contribution in [2.75, 3.05) is 13.6 Å². The van der Waals surface area contributed by atoms with E-state index in [1.165, 1.54) is 10.9 Å². The van der Waals surface area contributed by atoms with Gasteiger partial charge >= 0.3 is 5.97 Å². The van der Waals surface area contributed by atoms with E-state index in [2.05, 4.69) is 4.98 Å². The van der Waals surface area contributed by atoms with Gasteiger partial charge in [-0.2, -0.15) is 0 Å². The molecule has 4 rings (SSSR count). The van der Waals surface area contributed by atoms with Gasteiger partial charge in [-0.25, -0.2) is 0 Å². The fourth-order valence-corrected chi connectivity index (χ4v) is 3.46. The molecule has 1 aromatic carbocycles. The molecule has 0 spiro atoms. The van der Waals surface area contributed by atoms with Gasteiger partial charge in [0, 0.05) is 31.1 Å². The van der Waals surface area contributed by atoms with E-state index in [9.17, 15) is 9.90 Å². The summed E-state index contributed by atoms with van der Waals surface area (Å²) in [4.78, 5) is 16.7. The summed E-state index contributed by atoms with van der Waals surface area (Å²) in [6.45, 7) is 0.215. The highest BCUT2D eigenvalue weighted by Crippen LogP contribution is 2.40. The van der Waals surface area contributed by atoms with Crippen LogP contribution in [0.2, 0.25) is 0 Å². The summed E-state index contributed by atoms with van der Waals surface area (Å²) in [5, 5.41) is 10.6. The topological polar surface area (TPSA) is 56.3 Å². The molecular weight excluding hydrogens is 252 g/mol. The van der Waals surface area contributed by atoms with Crippen molar-refractivity contribution >= 4 is 22.4 Å². The van der Waals surface area contributed by atoms with Crippen molar-refractivity contribution in [3.63, 3.8) is 0 Å². The van der Waals surface area contributed by atoms with Gasteiger partial charge < -0.3 is 10.1 Å². The second-order valence-corrected chi connectivity index (χ2v) is 5.61. The molecule has 2 heterocycles. The maximum atomic E-state index is 11.5. The zero-order chi connectivity index (χ0) is 14.8. The molecule has 0 saturated heterocycles. The van der Waals surface area contributed by atoms with Crippen LogP contribution < -0.4 is 0 Å². The van der Waals surface area contributed by atoms with Crippen molar-refractivity contribution in [2.45, 2.75) is 12.5 Å². The molecule has 2 aromatic rings. The molecule has 0 unspecified atom stereocenters. The van der Waals surface area contributed by atoms with E-state index in [0.717, 1.165) is 23.1 Å². The molecule has 102 valence electrons. The van der Waals surface area contributed by atoms with Crippen LogP contribution in [0.3, 0.4) is 0 Å². The van der Waals surface area contributed by atoms with Crippen molar-refractivity contribution in [2.24, 2.45) is 5.89 Å². The van der Waals surface area contributed by atoms with E-state index >= 15 is 0 Å². The second kappa shape index (κ2) is 3.96. The van der Waals surface area contributed by atoms with Crippen molar-refractivity contribution in [3.05, 3.63) is 41.6 Å². The number of hydrogen-bond donors (Lipinski definition) is 2. The normalized spacial score (nSPS) is 29.8. The van der Waals surface area contributed by atoms with Crippen LogP contribution in [0, 0.1) is 5.89 Å². The third-order valence-electron chi connectivity index (χ3n) is 4.43. The maximum Gasteiger partial charge on any atom is 0.311 e. The number of aliphatic carboxylic acids is 1. The van der Waals surface area contributed by atoms with E-state index < -0.39 is 11.9 Å². The van der Waals surface area contributed by atoms with Gasteiger partial charge in [-0.15, -0.1) is 0 Å². The molecule has 1 aromatic heterocycles. The molecule has 0 amide bonds. The first-order chi connectivity index (χ1) is 9.99. The van der Waals surface area contributed by atoms with Gasteiger partial charge in [0.15, 0.2) is 0 Å². The number of hydrogen-bond acceptors (Lipinski definition) is 2. The molecule has 20 heavy (non-hydrogen) atoms. The molecule has 2 aliphatic rings. The molecule has 4 heteroatoms. The first-order valence-electron chi connectivity index (χ1n) is 7.25. The Hall–Kier alpha value is -2.07. The first kappa shape index (κ1) is 10.7. The molecule has 0 radical (unpaired) electrons. The molecule has 0 fully saturated rings. The average molecular weight is 269 g/mol. The quantitative estimate of drug-likeness (QED) is 0.833. The molecule has 2 atom stereocenters. The Morgan fingerprint density at radius 1 is 1.55 bits per heavy atom. The van der Waals surface area contributed by atoms with E-state index in [1.54, 1.807) is 6.08 Å². The van der Waals surface area contributed by atoms with Crippen molar-refractivity contribution in [3.8, 4) is 0 Å². The third-order valence-corrected chi connectivity index (χ3v) is 4.43. The summed E-state index contributed by atoms with van der Waals surface area (Å²) in [6.07, 6.45) is 4.54. The number of aromatic nitrogens is 1. The Bertz CT molecular complexity index is 795. The second-order valence-electron chi connectivity index (χ2n) is 5.61. The van der Waals surface area contributed by atoms with Gasteiger partial charge in [0.1, 0.15) is 0 Å². The monoisotopic (exact) mass is 269 g/mol. The van der Waals surface area contributed by atoms with Gasteiger partial charge in [0.2, 0.25) is 0 Å². The van der Waals surface area contributed by atoms with E-state index in [4.69, 9.17) is 1.37 Å². The molecular formula is C16H16N2O2. The smallest absolute Gasteiger partial charge is 0.311 e. The van der Waals surface area contributed by atoms with Gasteiger partial charge in [-0.3, -0.25) is 9.69 Å². The Morgan fingerprint density at radius 2 is 2.40 bits per heavy atom. The minimum absolute atomic E-state index is 0.150. The van der Waals surface area contributed by atoms with Gasteiger partial charge in [-0.1, -0.05) is 18.2 Å². The minimum Gasteiger partial charge on any atom is -0.481 e. The maximum absolute atomic E-state index is 11.5. The van der Waals surface area contributed by atoms with Crippen LogP contribution in [0.15, 0.2) is 30.5 Å². The van der Waals surface area contributed by atoms with Crippen LogP contribution in [0.25, 0.3) is 16.5 Å². The van der Waals surface area contributed by atoms with Gasteiger partial charge in [0.25, 0.3) is 0 Å². The Labute approximate surface area is 118 Å².